The van der Waals surface area contributed by atoms with Gasteiger partial charge in [-0.2, -0.15) is 0 Å². The number of para-hydroxylation sites is 1. The van der Waals surface area contributed by atoms with Gasteiger partial charge in [-0.3, -0.25) is 4.57 Å². The second kappa shape index (κ2) is 4.16. The van der Waals surface area contributed by atoms with Crippen LogP contribution in [0.4, 0.5) is 5.95 Å². The van der Waals surface area contributed by atoms with Crippen molar-refractivity contribution in [2.75, 3.05) is 5.73 Å². The van der Waals surface area contributed by atoms with E-state index < -0.39 is 0 Å². The van der Waals surface area contributed by atoms with Crippen LogP contribution in [0.3, 0.4) is 0 Å². The third-order valence-electron chi connectivity index (χ3n) is 2.99. The van der Waals surface area contributed by atoms with Gasteiger partial charge in [-0.15, -0.1) is 0 Å². The molecule has 0 aliphatic heterocycles. The van der Waals surface area contributed by atoms with Crippen LogP contribution in [-0.2, 0) is 6.54 Å². The lowest BCUT2D eigenvalue weighted by molar-refractivity contribution is 1.07. The number of aromatic nitrogens is 2. The number of anilines is 1. The first kappa shape index (κ1) is 10.8. The van der Waals surface area contributed by atoms with Gasteiger partial charge < -0.3 is 11.5 Å². The summed E-state index contributed by atoms with van der Waals surface area (Å²) in [5, 5.41) is 0. The van der Waals surface area contributed by atoms with Crippen molar-refractivity contribution in [2.45, 2.75) is 6.54 Å². The lowest BCUT2D eigenvalue weighted by atomic mass is 10.2. The maximum absolute atomic E-state index is 6.00. The van der Waals surface area contributed by atoms with E-state index in [4.69, 9.17) is 11.5 Å². The molecule has 0 atom stereocenters. The molecule has 0 aliphatic rings. The fraction of sp³-hybridized carbons (Fsp3) is 0.0714. The molecule has 0 bridgehead atoms. The molecule has 0 radical (unpaired) electrons. The molecular formula is C14H14N4. The number of nitrogens with two attached hydrogens (primary N) is 2. The number of rotatable bonds is 2. The topological polar surface area (TPSA) is 69.9 Å². The maximum atomic E-state index is 6.00. The standard InChI is InChI=1S/C14H14N4/c15-9-10-6-7-13-12(8-10)17-14(16)18(13)11-4-2-1-3-5-11/h1-8H,9,15H2,(H2,16,17). The van der Waals surface area contributed by atoms with Gasteiger partial charge in [0.15, 0.2) is 0 Å². The highest BCUT2D eigenvalue weighted by molar-refractivity contribution is 5.81. The third kappa shape index (κ3) is 1.63. The van der Waals surface area contributed by atoms with E-state index in [2.05, 4.69) is 4.98 Å². The van der Waals surface area contributed by atoms with Crippen LogP contribution in [0, 0.1) is 0 Å². The van der Waals surface area contributed by atoms with E-state index in [1.165, 1.54) is 0 Å². The van der Waals surface area contributed by atoms with Gasteiger partial charge >= 0.3 is 0 Å². The van der Waals surface area contributed by atoms with Gasteiger partial charge in [-0.25, -0.2) is 4.98 Å². The summed E-state index contributed by atoms with van der Waals surface area (Å²) in [4.78, 5) is 4.38. The van der Waals surface area contributed by atoms with Crippen molar-refractivity contribution in [3.63, 3.8) is 0 Å². The Morgan fingerprint density at radius 2 is 1.83 bits per heavy atom. The minimum Gasteiger partial charge on any atom is -0.369 e. The number of fused-ring (bicyclic) bond motifs is 1. The minimum atomic E-state index is 0.491. The quantitative estimate of drug-likeness (QED) is 0.718. The van der Waals surface area contributed by atoms with Crippen molar-refractivity contribution in [1.82, 2.24) is 9.55 Å². The molecule has 1 heterocycles. The molecule has 18 heavy (non-hydrogen) atoms. The first-order valence-corrected chi connectivity index (χ1v) is 5.82. The number of benzene rings is 2. The van der Waals surface area contributed by atoms with Crippen LogP contribution in [0.15, 0.2) is 48.5 Å². The van der Waals surface area contributed by atoms with E-state index in [0.29, 0.717) is 12.5 Å². The summed E-state index contributed by atoms with van der Waals surface area (Å²) in [5.41, 5.74) is 15.6. The van der Waals surface area contributed by atoms with Gasteiger partial charge in [-0.05, 0) is 29.8 Å². The normalized spacial score (nSPS) is 10.9. The van der Waals surface area contributed by atoms with E-state index in [1.807, 2.05) is 53.1 Å². The van der Waals surface area contributed by atoms with E-state index in [0.717, 1.165) is 22.3 Å². The van der Waals surface area contributed by atoms with Crippen LogP contribution in [0.2, 0.25) is 0 Å². The van der Waals surface area contributed by atoms with E-state index in [9.17, 15) is 0 Å². The molecule has 0 fully saturated rings. The molecule has 1 aromatic heterocycles. The lowest BCUT2D eigenvalue weighted by Crippen LogP contribution is -2.00. The SMILES string of the molecule is NCc1ccc2c(c1)nc(N)n2-c1ccccc1. The average Bonchev–Trinajstić information content (AvgIpc) is 2.74. The second-order valence-corrected chi connectivity index (χ2v) is 4.17. The summed E-state index contributed by atoms with van der Waals surface area (Å²) < 4.78 is 1.94. The van der Waals surface area contributed by atoms with Crippen molar-refractivity contribution < 1.29 is 0 Å². The zero-order valence-corrected chi connectivity index (χ0v) is 9.88. The third-order valence-corrected chi connectivity index (χ3v) is 2.99. The number of hydrogen-bond acceptors (Lipinski definition) is 3. The van der Waals surface area contributed by atoms with Crippen molar-refractivity contribution >= 4 is 17.0 Å². The number of imidazole rings is 1. The fourth-order valence-electron chi connectivity index (χ4n) is 2.12. The Kier molecular flexibility index (Phi) is 2.50. The Hall–Kier alpha value is -2.33. The summed E-state index contributed by atoms with van der Waals surface area (Å²) >= 11 is 0. The first-order chi connectivity index (χ1) is 8.79. The molecule has 0 unspecified atom stereocenters. The molecule has 0 spiro atoms. The summed E-state index contributed by atoms with van der Waals surface area (Å²) in [5.74, 6) is 0.491. The molecule has 2 aromatic carbocycles. The van der Waals surface area contributed by atoms with Gasteiger partial charge in [0.1, 0.15) is 0 Å². The molecule has 4 nitrogen and oxygen atoms in total. The lowest BCUT2D eigenvalue weighted by Gasteiger charge is -2.06. The highest BCUT2D eigenvalue weighted by Gasteiger charge is 2.09. The van der Waals surface area contributed by atoms with E-state index in [-0.39, 0.29) is 0 Å². The van der Waals surface area contributed by atoms with Crippen molar-refractivity contribution in [2.24, 2.45) is 5.73 Å². The number of nitrogens with zero attached hydrogens (tertiary/aromatic N) is 2. The zero-order chi connectivity index (χ0) is 12.5. The number of hydrogen-bond donors (Lipinski definition) is 2. The van der Waals surface area contributed by atoms with Crippen LogP contribution >= 0.6 is 0 Å². The molecular weight excluding hydrogens is 224 g/mol. The van der Waals surface area contributed by atoms with Gasteiger partial charge in [0.25, 0.3) is 0 Å². The Morgan fingerprint density at radius 3 is 2.56 bits per heavy atom. The van der Waals surface area contributed by atoms with Crippen molar-refractivity contribution in [3.8, 4) is 5.69 Å². The highest BCUT2D eigenvalue weighted by Crippen LogP contribution is 2.23. The molecule has 4 heteroatoms. The maximum Gasteiger partial charge on any atom is 0.205 e. The highest BCUT2D eigenvalue weighted by atomic mass is 15.2. The predicted octanol–water partition coefficient (Wildman–Crippen LogP) is 2.07. The van der Waals surface area contributed by atoms with Crippen LogP contribution in [0.1, 0.15) is 5.56 Å². The molecule has 0 saturated heterocycles. The Morgan fingerprint density at radius 1 is 1.06 bits per heavy atom. The molecule has 0 amide bonds. The summed E-state index contributed by atoms with van der Waals surface area (Å²) in [7, 11) is 0. The van der Waals surface area contributed by atoms with Crippen LogP contribution in [0.5, 0.6) is 0 Å². The molecule has 3 rings (SSSR count). The van der Waals surface area contributed by atoms with Gasteiger partial charge in [0.2, 0.25) is 5.95 Å². The smallest absolute Gasteiger partial charge is 0.205 e. The van der Waals surface area contributed by atoms with Crippen molar-refractivity contribution in [3.05, 3.63) is 54.1 Å². The molecule has 0 aliphatic carbocycles. The predicted molar refractivity (Wildman–Crippen MR) is 73.4 cm³/mol. The van der Waals surface area contributed by atoms with Gasteiger partial charge in [-0.1, -0.05) is 24.3 Å². The molecule has 90 valence electrons. The molecule has 4 N–H and O–H groups in total. The van der Waals surface area contributed by atoms with Crippen LogP contribution in [0.25, 0.3) is 16.7 Å². The monoisotopic (exact) mass is 238 g/mol. The first-order valence-electron chi connectivity index (χ1n) is 5.82. The minimum absolute atomic E-state index is 0.491. The van der Waals surface area contributed by atoms with Crippen molar-refractivity contribution in [1.29, 1.82) is 0 Å². The van der Waals surface area contributed by atoms with Gasteiger partial charge in [0.05, 0.1) is 11.0 Å². The average molecular weight is 238 g/mol. The second-order valence-electron chi connectivity index (χ2n) is 4.17. The molecule has 0 saturated carbocycles. The Bertz CT molecular complexity index is 686. The van der Waals surface area contributed by atoms with Crippen LogP contribution < -0.4 is 11.5 Å². The zero-order valence-electron chi connectivity index (χ0n) is 9.88. The largest absolute Gasteiger partial charge is 0.369 e. The Balaban J connectivity index is 2.27. The summed E-state index contributed by atoms with van der Waals surface area (Å²) in [6.07, 6.45) is 0. The van der Waals surface area contributed by atoms with Crippen LogP contribution in [-0.4, -0.2) is 9.55 Å². The Labute approximate surface area is 105 Å². The molecule has 3 aromatic rings. The van der Waals surface area contributed by atoms with Gasteiger partial charge in [0, 0.05) is 12.2 Å². The summed E-state index contributed by atoms with van der Waals surface area (Å²) in [6.45, 7) is 0.508. The number of nitrogen functional groups attached to an aromatic ring is 1. The van der Waals surface area contributed by atoms with E-state index >= 15 is 0 Å². The van der Waals surface area contributed by atoms with E-state index in [1.54, 1.807) is 0 Å². The fourth-order valence-corrected chi connectivity index (χ4v) is 2.12. The summed E-state index contributed by atoms with van der Waals surface area (Å²) in [6, 6.07) is 15.9.